The van der Waals surface area contributed by atoms with Crippen LogP contribution < -0.4 is 0 Å². The van der Waals surface area contributed by atoms with Crippen LogP contribution >= 0.6 is 11.6 Å². The Bertz CT molecular complexity index is 502. The van der Waals surface area contributed by atoms with Crippen LogP contribution in [0.2, 0.25) is 5.02 Å². The molecule has 5 heteroatoms. The van der Waals surface area contributed by atoms with Crippen LogP contribution in [0.15, 0.2) is 29.2 Å². The van der Waals surface area contributed by atoms with Crippen LogP contribution in [0.1, 0.15) is 33.1 Å². The first kappa shape index (κ1) is 13.8. The van der Waals surface area contributed by atoms with Gasteiger partial charge in [-0.15, -0.1) is 0 Å². The maximum Gasteiger partial charge on any atom is 0.243 e. The Morgan fingerprint density at radius 1 is 1.11 bits per heavy atom. The highest BCUT2D eigenvalue weighted by Crippen LogP contribution is 2.29. The largest absolute Gasteiger partial charge is 0.243 e. The average Bonchev–Trinajstić information content (AvgIpc) is 2.29. The van der Waals surface area contributed by atoms with Crippen molar-refractivity contribution < 1.29 is 8.42 Å². The molecule has 0 bridgehead atoms. The van der Waals surface area contributed by atoms with Crippen molar-refractivity contribution in [1.82, 2.24) is 4.31 Å². The lowest BCUT2D eigenvalue weighted by molar-refractivity contribution is 0.204. The second-order valence-corrected chi connectivity index (χ2v) is 7.20. The van der Waals surface area contributed by atoms with Gasteiger partial charge in [-0.3, -0.25) is 0 Å². The zero-order valence-electron chi connectivity index (χ0n) is 10.6. The highest BCUT2D eigenvalue weighted by molar-refractivity contribution is 7.89. The monoisotopic (exact) mass is 287 g/mol. The van der Waals surface area contributed by atoms with Crippen molar-refractivity contribution in [2.45, 2.75) is 50.1 Å². The summed E-state index contributed by atoms with van der Waals surface area (Å²) in [5, 5.41) is 0.550. The zero-order valence-corrected chi connectivity index (χ0v) is 12.2. The number of nitrogens with zero attached hydrogens (tertiary/aromatic N) is 1. The number of piperidine rings is 1. The molecule has 0 spiro atoms. The lowest BCUT2D eigenvalue weighted by atomic mass is 10.0. The fourth-order valence-electron chi connectivity index (χ4n) is 2.60. The van der Waals surface area contributed by atoms with Gasteiger partial charge in [-0.1, -0.05) is 18.0 Å². The number of hydrogen-bond donors (Lipinski definition) is 0. The third kappa shape index (κ3) is 2.56. The van der Waals surface area contributed by atoms with E-state index in [0.717, 1.165) is 19.3 Å². The van der Waals surface area contributed by atoms with Crippen LogP contribution in [-0.4, -0.2) is 24.8 Å². The van der Waals surface area contributed by atoms with E-state index < -0.39 is 10.0 Å². The fraction of sp³-hybridized carbons (Fsp3) is 0.538. The van der Waals surface area contributed by atoms with E-state index in [1.807, 2.05) is 13.8 Å². The van der Waals surface area contributed by atoms with Crippen LogP contribution in [0.3, 0.4) is 0 Å². The Morgan fingerprint density at radius 3 is 2.11 bits per heavy atom. The predicted octanol–water partition coefficient (Wildman–Crippen LogP) is 3.29. The first-order chi connectivity index (χ1) is 8.43. The molecule has 0 aliphatic carbocycles. The van der Waals surface area contributed by atoms with Crippen molar-refractivity contribution in [1.29, 1.82) is 0 Å². The quantitative estimate of drug-likeness (QED) is 0.837. The summed E-state index contributed by atoms with van der Waals surface area (Å²) in [4.78, 5) is 0.326. The summed E-state index contributed by atoms with van der Waals surface area (Å²) >= 11 is 5.80. The topological polar surface area (TPSA) is 37.4 Å². The van der Waals surface area contributed by atoms with Crippen molar-refractivity contribution in [2.75, 3.05) is 0 Å². The SMILES string of the molecule is C[C@@H]1CCC[C@@H](C)N1S(=O)(=O)c1ccc(Cl)cc1. The molecule has 1 aliphatic rings. The highest BCUT2D eigenvalue weighted by atomic mass is 35.5. The lowest BCUT2D eigenvalue weighted by Gasteiger charge is -2.37. The molecule has 1 fully saturated rings. The van der Waals surface area contributed by atoms with Gasteiger partial charge in [0.2, 0.25) is 10.0 Å². The number of hydrogen-bond acceptors (Lipinski definition) is 2. The van der Waals surface area contributed by atoms with Crippen molar-refractivity contribution in [3.63, 3.8) is 0 Å². The first-order valence-corrected chi connectivity index (χ1v) is 8.04. The van der Waals surface area contributed by atoms with E-state index in [9.17, 15) is 8.42 Å². The second-order valence-electron chi connectivity index (χ2n) is 4.92. The normalized spacial score (nSPS) is 26.2. The minimum Gasteiger partial charge on any atom is -0.207 e. The van der Waals surface area contributed by atoms with E-state index in [2.05, 4.69) is 0 Å². The van der Waals surface area contributed by atoms with Crippen molar-refractivity contribution in [3.8, 4) is 0 Å². The van der Waals surface area contributed by atoms with E-state index in [4.69, 9.17) is 11.6 Å². The molecular formula is C13H18ClNO2S. The summed E-state index contributed by atoms with van der Waals surface area (Å²) in [6, 6.07) is 6.52. The molecule has 1 aromatic carbocycles. The Kier molecular flexibility index (Phi) is 3.99. The molecule has 2 rings (SSSR count). The molecule has 0 aromatic heterocycles. The number of halogens is 1. The molecule has 0 N–H and O–H groups in total. The van der Waals surface area contributed by atoms with Gasteiger partial charge in [-0.2, -0.15) is 4.31 Å². The van der Waals surface area contributed by atoms with Gasteiger partial charge in [0.1, 0.15) is 0 Å². The summed E-state index contributed by atoms with van der Waals surface area (Å²) in [6.07, 6.45) is 2.95. The predicted molar refractivity (Wildman–Crippen MR) is 73.3 cm³/mol. The smallest absolute Gasteiger partial charge is 0.207 e. The van der Waals surface area contributed by atoms with Gasteiger partial charge in [0.25, 0.3) is 0 Å². The van der Waals surface area contributed by atoms with Gasteiger partial charge in [0.15, 0.2) is 0 Å². The fourth-order valence-corrected chi connectivity index (χ4v) is 4.61. The van der Waals surface area contributed by atoms with Gasteiger partial charge in [-0.05, 0) is 51.0 Å². The van der Waals surface area contributed by atoms with Crippen LogP contribution in [0.25, 0.3) is 0 Å². The zero-order chi connectivity index (χ0) is 13.3. The molecule has 1 heterocycles. The minimum atomic E-state index is -3.40. The number of sulfonamides is 1. The molecule has 1 aliphatic heterocycles. The summed E-state index contributed by atoms with van der Waals surface area (Å²) in [7, 11) is -3.40. The van der Waals surface area contributed by atoms with Crippen molar-refractivity contribution in [2.24, 2.45) is 0 Å². The van der Waals surface area contributed by atoms with E-state index in [1.165, 1.54) is 0 Å². The average molecular weight is 288 g/mol. The van der Waals surface area contributed by atoms with E-state index in [1.54, 1.807) is 28.6 Å². The van der Waals surface area contributed by atoms with Crippen molar-refractivity contribution >= 4 is 21.6 Å². The summed E-state index contributed by atoms with van der Waals surface area (Å²) < 4.78 is 26.8. The second kappa shape index (κ2) is 5.19. The molecule has 3 nitrogen and oxygen atoms in total. The maximum atomic E-state index is 12.6. The summed E-state index contributed by atoms with van der Waals surface area (Å²) in [5.41, 5.74) is 0. The first-order valence-electron chi connectivity index (χ1n) is 6.22. The number of rotatable bonds is 2. The minimum absolute atomic E-state index is 0.0643. The molecule has 100 valence electrons. The van der Waals surface area contributed by atoms with Gasteiger partial charge in [0, 0.05) is 17.1 Å². The Labute approximate surface area is 114 Å². The van der Waals surface area contributed by atoms with Crippen molar-refractivity contribution in [3.05, 3.63) is 29.3 Å². The van der Waals surface area contributed by atoms with E-state index in [0.29, 0.717) is 9.92 Å². The van der Waals surface area contributed by atoms with Crippen LogP contribution in [0.4, 0.5) is 0 Å². The van der Waals surface area contributed by atoms with Gasteiger partial charge >= 0.3 is 0 Å². The molecule has 0 radical (unpaired) electrons. The Balaban J connectivity index is 2.38. The van der Waals surface area contributed by atoms with Gasteiger partial charge < -0.3 is 0 Å². The lowest BCUT2D eigenvalue weighted by Crippen LogP contribution is -2.47. The van der Waals surface area contributed by atoms with Gasteiger partial charge in [0.05, 0.1) is 4.90 Å². The van der Waals surface area contributed by atoms with Crippen LogP contribution in [0, 0.1) is 0 Å². The highest BCUT2D eigenvalue weighted by Gasteiger charge is 2.35. The summed E-state index contributed by atoms with van der Waals surface area (Å²) in [6.45, 7) is 3.95. The molecule has 0 amide bonds. The van der Waals surface area contributed by atoms with Gasteiger partial charge in [-0.25, -0.2) is 8.42 Å². The standard InChI is InChI=1S/C13H18ClNO2S/c1-10-4-3-5-11(2)15(10)18(16,17)13-8-6-12(14)7-9-13/h6-11H,3-5H2,1-2H3/t10-,11-/m1/s1. The molecule has 0 saturated carbocycles. The molecule has 1 saturated heterocycles. The molecule has 0 unspecified atom stereocenters. The van der Waals surface area contributed by atoms with E-state index >= 15 is 0 Å². The Hall–Kier alpha value is -0.580. The third-order valence-electron chi connectivity index (χ3n) is 3.50. The molecule has 18 heavy (non-hydrogen) atoms. The number of benzene rings is 1. The third-order valence-corrected chi connectivity index (χ3v) is 5.90. The maximum absolute atomic E-state index is 12.6. The molecule has 2 atom stereocenters. The molecule has 1 aromatic rings. The Morgan fingerprint density at radius 2 is 1.61 bits per heavy atom. The van der Waals surface area contributed by atoms with E-state index in [-0.39, 0.29) is 12.1 Å². The summed E-state index contributed by atoms with van der Waals surface area (Å²) in [5.74, 6) is 0. The van der Waals surface area contributed by atoms with Crippen LogP contribution in [0.5, 0.6) is 0 Å². The van der Waals surface area contributed by atoms with Crippen LogP contribution in [-0.2, 0) is 10.0 Å². The molecular weight excluding hydrogens is 270 g/mol.